The Labute approximate surface area is 201 Å². The normalized spacial score (nSPS) is 20.6. The van der Waals surface area contributed by atoms with Gasteiger partial charge in [-0.15, -0.1) is 0 Å². The van der Waals surface area contributed by atoms with E-state index in [0.29, 0.717) is 5.92 Å². The molecule has 1 heterocycles. The number of hydrogen-bond acceptors (Lipinski definition) is 2. The number of benzene rings is 3. The van der Waals surface area contributed by atoms with E-state index >= 15 is 0 Å². The van der Waals surface area contributed by atoms with Crippen LogP contribution in [0.2, 0.25) is 0 Å². The second-order valence-corrected chi connectivity index (χ2v) is 9.60. The molecule has 1 fully saturated rings. The average Bonchev–Trinajstić information content (AvgIpc) is 2.87. The molecular formula is C30H32F2N2. The predicted octanol–water partition coefficient (Wildman–Crippen LogP) is 6.65. The summed E-state index contributed by atoms with van der Waals surface area (Å²) in [7, 11) is 0. The first-order valence-electron chi connectivity index (χ1n) is 12.3. The molecule has 34 heavy (non-hydrogen) atoms. The zero-order valence-electron chi connectivity index (χ0n) is 19.8. The molecule has 1 atom stereocenters. The molecule has 3 aromatic carbocycles. The molecule has 1 aliphatic carbocycles. The van der Waals surface area contributed by atoms with Crippen LogP contribution in [0.1, 0.15) is 54.0 Å². The zero-order valence-corrected chi connectivity index (χ0v) is 19.8. The van der Waals surface area contributed by atoms with Gasteiger partial charge in [0.2, 0.25) is 0 Å². The highest BCUT2D eigenvalue weighted by Crippen LogP contribution is 2.37. The number of fused-ring (bicyclic) bond motifs is 1. The fraction of sp³-hybridized carbons (Fsp3) is 0.333. The van der Waals surface area contributed by atoms with E-state index in [4.69, 9.17) is 0 Å². The quantitative estimate of drug-likeness (QED) is 0.422. The summed E-state index contributed by atoms with van der Waals surface area (Å²) in [4.78, 5) is 4.94. The molecule has 1 saturated heterocycles. The summed E-state index contributed by atoms with van der Waals surface area (Å²) in [6, 6.07) is 22.3. The number of nitrogens with zero attached hydrogens (tertiary/aromatic N) is 2. The smallest absolute Gasteiger partial charge is 0.123 e. The van der Waals surface area contributed by atoms with Gasteiger partial charge in [-0.05, 0) is 70.9 Å². The Morgan fingerprint density at radius 2 is 1.41 bits per heavy atom. The number of halogens is 2. The van der Waals surface area contributed by atoms with E-state index in [0.717, 1.165) is 50.3 Å². The van der Waals surface area contributed by atoms with E-state index in [1.54, 1.807) is 0 Å². The van der Waals surface area contributed by atoms with Crippen LogP contribution >= 0.6 is 0 Å². The van der Waals surface area contributed by atoms with E-state index in [-0.39, 0.29) is 17.7 Å². The topological polar surface area (TPSA) is 6.48 Å². The second-order valence-electron chi connectivity index (χ2n) is 9.60. The van der Waals surface area contributed by atoms with Crippen LogP contribution in [0.4, 0.5) is 8.78 Å². The largest absolute Gasteiger partial charge is 0.297 e. The van der Waals surface area contributed by atoms with E-state index < -0.39 is 0 Å². The van der Waals surface area contributed by atoms with Crippen molar-refractivity contribution in [3.05, 3.63) is 113 Å². The van der Waals surface area contributed by atoms with Gasteiger partial charge in [0, 0.05) is 32.7 Å². The molecule has 0 spiro atoms. The molecule has 0 amide bonds. The monoisotopic (exact) mass is 458 g/mol. The molecule has 4 heteroatoms. The van der Waals surface area contributed by atoms with E-state index in [1.807, 2.05) is 24.3 Å². The van der Waals surface area contributed by atoms with Crippen molar-refractivity contribution in [1.82, 2.24) is 9.80 Å². The maximum Gasteiger partial charge on any atom is 0.123 e. The van der Waals surface area contributed by atoms with Gasteiger partial charge in [-0.3, -0.25) is 9.80 Å². The summed E-state index contributed by atoms with van der Waals surface area (Å²) in [6.07, 6.45) is 4.79. The molecule has 0 N–H and O–H groups in total. The van der Waals surface area contributed by atoms with Crippen LogP contribution in [-0.4, -0.2) is 42.5 Å². The predicted molar refractivity (Wildman–Crippen MR) is 135 cm³/mol. The summed E-state index contributed by atoms with van der Waals surface area (Å²) in [5.74, 6) is 0.156. The molecule has 5 rings (SSSR count). The first-order valence-corrected chi connectivity index (χ1v) is 12.3. The summed E-state index contributed by atoms with van der Waals surface area (Å²) >= 11 is 0. The third-order valence-electron chi connectivity index (χ3n) is 7.42. The third kappa shape index (κ3) is 4.98. The van der Waals surface area contributed by atoms with Crippen molar-refractivity contribution >= 4 is 5.57 Å². The Morgan fingerprint density at radius 3 is 2.03 bits per heavy atom. The van der Waals surface area contributed by atoms with Crippen molar-refractivity contribution in [2.75, 3.05) is 32.7 Å². The van der Waals surface area contributed by atoms with Crippen LogP contribution in [0.15, 0.2) is 78.9 Å². The Hall–Kier alpha value is -2.82. The molecular weight excluding hydrogens is 426 g/mol. The van der Waals surface area contributed by atoms with Gasteiger partial charge in [0.05, 0.1) is 6.04 Å². The fourth-order valence-electron chi connectivity index (χ4n) is 5.44. The van der Waals surface area contributed by atoms with Crippen molar-refractivity contribution in [2.24, 2.45) is 0 Å². The Balaban J connectivity index is 1.28. The van der Waals surface area contributed by atoms with Gasteiger partial charge in [0.25, 0.3) is 0 Å². The minimum Gasteiger partial charge on any atom is -0.297 e. The molecule has 0 bridgehead atoms. The summed E-state index contributed by atoms with van der Waals surface area (Å²) in [5.41, 5.74) is 6.46. The maximum absolute atomic E-state index is 13.6. The lowest BCUT2D eigenvalue weighted by atomic mass is 9.81. The van der Waals surface area contributed by atoms with Gasteiger partial charge in [-0.1, -0.05) is 61.5 Å². The van der Waals surface area contributed by atoms with Crippen LogP contribution in [0.3, 0.4) is 0 Å². The molecule has 0 aromatic heterocycles. The highest BCUT2D eigenvalue weighted by molar-refractivity contribution is 5.70. The lowest BCUT2D eigenvalue weighted by molar-refractivity contribution is 0.117. The van der Waals surface area contributed by atoms with Gasteiger partial charge >= 0.3 is 0 Å². The average molecular weight is 459 g/mol. The first kappa shape index (κ1) is 22.9. The molecule has 1 unspecified atom stereocenters. The van der Waals surface area contributed by atoms with Gasteiger partial charge in [0.15, 0.2) is 0 Å². The van der Waals surface area contributed by atoms with Gasteiger partial charge in [-0.25, -0.2) is 8.78 Å². The third-order valence-corrected chi connectivity index (χ3v) is 7.42. The van der Waals surface area contributed by atoms with Gasteiger partial charge < -0.3 is 0 Å². The number of piperazine rings is 1. The van der Waals surface area contributed by atoms with Gasteiger partial charge in [0.1, 0.15) is 11.6 Å². The van der Waals surface area contributed by atoms with Crippen LogP contribution < -0.4 is 0 Å². The van der Waals surface area contributed by atoms with Crippen LogP contribution in [0, 0.1) is 11.6 Å². The zero-order chi connectivity index (χ0) is 23.5. The van der Waals surface area contributed by atoms with Crippen molar-refractivity contribution < 1.29 is 8.78 Å². The SMILES string of the molecule is CC1CCC(=CCN2CCN(C(c3ccc(F)cc3)c3ccc(F)cc3)CC2)c2ccccc21. The Morgan fingerprint density at radius 1 is 0.824 bits per heavy atom. The van der Waals surface area contributed by atoms with E-state index in [9.17, 15) is 8.78 Å². The summed E-state index contributed by atoms with van der Waals surface area (Å²) in [5, 5.41) is 0. The second kappa shape index (κ2) is 10.2. The first-order chi connectivity index (χ1) is 16.6. The highest BCUT2D eigenvalue weighted by atomic mass is 19.1. The highest BCUT2D eigenvalue weighted by Gasteiger charge is 2.27. The fourth-order valence-corrected chi connectivity index (χ4v) is 5.44. The van der Waals surface area contributed by atoms with Crippen molar-refractivity contribution in [2.45, 2.75) is 31.7 Å². The standard InChI is InChI=1S/C30H32F2N2/c1-22-6-7-23(29-5-3-2-4-28(22)29)16-17-33-18-20-34(21-19-33)30(24-8-12-26(31)13-9-24)25-10-14-27(32)15-11-25/h2-5,8-16,22,30H,6-7,17-21H2,1H3. The minimum atomic E-state index is -0.238. The van der Waals surface area contributed by atoms with Gasteiger partial charge in [-0.2, -0.15) is 0 Å². The van der Waals surface area contributed by atoms with Crippen LogP contribution in [-0.2, 0) is 0 Å². The minimum absolute atomic E-state index is 0.00610. The lowest BCUT2D eigenvalue weighted by Crippen LogP contribution is -2.47. The van der Waals surface area contributed by atoms with Crippen molar-refractivity contribution in [3.8, 4) is 0 Å². The Bertz CT molecular complexity index is 1080. The van der Waals surface area contributed by atoms with E-state index in [2.05, 4.69) is 47.1 Å². The number of allylic oxidation sites excluding steroid dienone is 1. The molecule has 2 nitrogen and oxygen atoms in total. The number of rotatable bonds is 5. The summed E-state index contributed by atoms with van der Waals surface area (Å²) in [6.45, 7) is 7.06. The Kier molecular flexibility index (Phi) is 6.89. The van der Waals surface area contributed by atoms with Crippen molar-refractivity contribution in [1.29, 1.82) is 0 Å². The van der Waals surface area contributed by atoms with Crippen molar-refractivity contribution in [3.63, 3.8) is 0 Å². The lowest BCUT2D eigenvalue weighted by Gasteiger charge is -2.39. The summed E-state index contributed by atoms with van der Waals surface area (Å²) < 4.78 is 27.2. The molecule has 3 aromatic rings. The van der Waals surface area contributed by atoms with E-state index in [1.165, 1.54) is 47.4 Å². The molecule has 0 saturated carbocycles. The molecule has 176 valence electrons. The maximum atomic E-state index is 13.6. The van der Waals surface area contributed by atoms with Crippen LogP contribution in [0.25, 0.3) is 5.57 Å². The number of hydrogen-bond donors (Lipinski definition) is 0. The molecule has 2 aliphatic rings. The molecule has 1 aliphatic heterocycles. The molecule has 0 radical (unpaired) electrons. The van der Waals surface area contributed by atoms with Crippen LogP contribution in [0.5, 0.6) is 0 Å².